The Morgan fingerprint density at radius 3 is 2.83 bits per heavy atom. The van der Waals surface area contributed by atoms with Gasteiger partial charge in [-0.3, -0.25) is 4.98 Å². The quantitative estimate of drug-likeness (QED) is 0.858. The molecular weight excluding hydrogens is 250 g/mol. The van der Waals surface area contributed by atoms with Crippen molar-refractivity contribution < 1.29 is 9.47 Å². The fraction of sp³-hybridized carbons (Fsp3) is 0.250. The van der Waals surface area contributed by atoms with Crippen molar-refractivity contribution in [2.45, 2.75) is 6.61 Å². The van der Waals surface area contributed by atoms with Gasteiger partial charge < -0.3 is 14.5 Å². The van der Waals surface area contributed by atoms with Crippen LogP contribution in [-0.2, 0) is 11.3 Å². The van der Waals surface area contributed by atoms with Gasteiger partial charge in [-0.1, -0.05) is 12.2 Å². The molecule has 0 aliphatic rings. The Labute approximate surface area is 110 Å². The molecule has 2 aromatic heterocycles. The Kier molecular flexibility index (Phi) is 4.01. The van der Waals surface area contributed by atoms with E-state index in [4.69, 9.17) is 21.7 Å². The Morgan fingerprint density at radius 1 is 1.28 bits per heavy atom. The van der Waals surface area contributed by atoms with E-state index >= 15 is 0 Å². The summed E-state index contributed by atoms with van der Waals surface area (Å²) in [6.07, 6.45) is 3.38. The van der Waals surface area contributed by atoms with E-state index in [1.807, 2.05) is 6.07 Å². The van der Waals surface area contributed by atoms with Crippen LogP contribution in [0.4, 0.5) is 0 Å². The van der Waals surface area contributed by atoms with Crippen LogP contribution in [0.3, 0.4) is 0 Å². The number of hydrogen-bond acceptors (Lipinski definition) is 5. The average Bonchev–Trinajstić information content (AvgIpc) is 2.38. The van der Waals surface area contributed by atoms with Gasteiger partial charge in [0.05, 0.1) is 19.0 Å². The minimum absolute atomic E-state index is 0.384. The highest BCUT2D eigenvalue weighted by Gasteiger charge is 2.04. The lowest BCUT2D eigenvalue weighted by Crippen LogP contribution is -1.99. The van der Waals surface area contributed by atoms with Crippen LogP contribution < -0.4 is 4.74 Å². The van der Waals surface area contributed by atoms with Crippen molar-refractivity contribution >= 4 is 12.2 Å². The normalized spacial score (nSPS) is 10.3. The van der Waals surface area contributed by atoms with Gasteiger partial charge in [-0.2, -0.15) is 0 Å². The number of nitrogens with one attached hydrogen (secondary N) is 1. The first-order valence-electron chi connectivity index (χ1n) is 5.31. The van der Waals surface area contributed by atoms with Crippen molar-refractivity contribution in [2.75, 3.05) is 14.2 Å². The summed E-state index contributed by atoms with van der Waals surface area (Å²) >= 11 is 5.12. The van der Waals surface area contributed by atoms with Gasteiger partial charge in [0, 0.05) is 18.9 Å². The van der Waals surface area contributed by atoms with E-state index < -0.39 is 0 Å². The molecule has 2 heterocycles. The Balaban J connectivity index is 2.45. The second-order valence-electron chi connectivity index (χ2n) is 3.63. The standard InChI is InChI=1S/C12H13N3O2S/c1-16-7-11-14-10(4-12(18)15-11)8-3-9(17-2)6-13-5-8/h3-6H,7H2,1-2H3,(H,14,15,18). The third-order valence-electron chi connectivity index (χ3n) is 2.33. The number of methoxy groups -OCH3 is 2. The van der Waals surface area contributed by atoms with Crippen LogP contribution in [-0.4, -0.2) is 29.2 Å². The summed E-state index contributed by atoms with van der Waals surface area (Å²) < 4.78 is 10.7. The molecule has 5 nitrogen and oxygen atoms in total. The maximum Gasteiger partial charge on any atom is 0.137 e. The zero-order chi connectivity index (χ0) is 13.0. The minimum atomic E-state index is 0.384. The molecule has 0 radical (unpaired) electrons. The van der Waals surface area contributed by atoms with E-state index in [1.54, 1.807) is 32.7 Å². The van der Waals surface area contributed by atoms with Crippen LogP contribution in [0.15, 0.2) is 24.5 Å². The molecule has 2 aromatic rings. The van der Waals surface area contributed by atoms with Gasteiger partial charge in [-0.05, 0) is 12.1 Å². The molecule has 0 aliphatic heterocycles. The fourth-order valence-corrected chi connectivity index (χ4v) is 1.77. The summed E-state index contributed by atoms with van der Waals surface area (Å²) in [6.45, 7) is 0.384. The van der Waals surface area contributed by atoms with Crippen molar-refractivity contribution in [3.63, 3.8) is 0 Å². The molecule has 0 bridgehead atoms. The maximum absolute atomic E-state index is 5.14. The first kappa shape index (κ1) is 12.7. The first-order valence-corrected chi connectivity index (χ1v) is 5.72. The van der Waals surface area contributed by atoms with Gasteiger partial charge in [0.1, 0.15) is 22.8 Å². The summed E-state index contributed by atoms with van der Waals surface area (Å²) in [5, 5.41) is 0. The summed E-state index contributed by atoms with van der Waals surface area (Å²) in [5.41, 5.74) is 1.73. The summed E-state index contributed by atoms with van der Waals surface area (Å²) in [5.74, 6) is 1.37. The lowest BCUT2D eigenvalue weighted by molar-refractivity contribution is 0.177. The Hall–Kier alpha value is -1.79. The van der Waals surface area contributed by atoms with Crippen LogP contribution in [0, 0.1) is 4.64 Å². The highest BCUT2D eigenvalue weighted by Crippen LogP contribution is 2.20. The lowest BCUT2D eigenvalue weighted by Gasteiger charge is -2.06. The molecule has 0 unspecified atom stereocenters. The van der Waals surface area contributed by atoms with Crippen molar-refractivity contribution in [1.29, 1.82) is 0 Å². The third-order valence-corrected chi connectivity index (χ3v) is 2.54. The molecule has 6 heteroatoms. The molecule has 18 heavy (non-hydrogen) atoms. The monoisotopic (exact) mass is 263 g/mol. The van der Waals surface area contributed by atoms with Crippen LogP contribution in [0.1, 0.15) is 5.82 Å². The number of aromatic amines is 1. The molecule has 0 aromatic carbocycles. The minimum Gasteiger partial charge on any atom is -0.495 e. The number of rotatable bonds is 4. The summed E-state index contributed by atoms with van der Waals surface area (Å²) in [7, 11) is 3.21. The smallest absolute Gasteiger partial charge is 0.137 e. The van der Waals surface area contributed by atoms with E-state index in [9.17, 15) is 0 Å². The molecule has 0 saturated carbocycles. The maximum atomic E-state index is 5.14. The molecule has 0 spiro atoms. The highest BCUT2D eigenvalue weighted by atomic mass is 32.1. The topological polar surface area (TPSA) is 60.0 Å². The summed E-state index contributed by atoms with van der Waals surface area (Å²) in [4.78, 5) is 11.4. The van der Waals surface area contributed by atoms with E-state index in [1.165, 1.54) is 0 Å². The number of aromatic nitrogens is 3. The second-order valence-corrected chi connectivity index (χ2v) is 4.04. The van der Waals surface area contributed by atoms with Crippen LogP contribution >= 0.6 is 12.2 Å². The molecule has 94 valence electrons. The number of nitrogens with zero attached hydrogens (tertiary/aromatic N) is 2. The van der Waals surface area contributed by atoms with Crippen molar-refractivity contribution in [2.24, 2.45) is 0 Å². The molecule has 0 atom stereocenters. The van der Waals surface area contributed by atoms with E-state index in [-0.39, 0.29) is 0 Å². The predicted octanol–water partition coefficient (Wildman–Crippen LogP) is 2.36. The summed E-state index contributed by atoms with van der Waals surface area (Å²) in [6, 6.07) is 3.66. The van der Waals surface area contributed by atoms with Gasteiger partial charge in [0.15, 0.2) is 0 Å². The zero-order valence-electron chi connectivity index (χ0n) is 10.1. The van der Waals surface area contributed by atoms with E-state index in [0.717, 1.165) is 11.3 Å². The predicted molar refractivity (Wildman–Crippen MR) is 69.9 cm³/mol. The van der Waals surface area contributed by atoms with Crippen LogP contribution in [0.25, 0.3) is 11.3 Å². The van der Waals surface area contributed by atoms with Gasteiger partial charge in [0.2, 0.25) is 0 Å². The second kappa shape index (κ2) is 5.70. The van der Waals surface area contributed by atoms with Gasteiger partial charge in [-0.25, -0.2) is 4.98 Å². The Morgan fingerprint density at radius 2 is 2.11 bits per heavy atom. The molecular formula is C12H13N3O2S. The van der Waals surface area contributed by atoms with Gasteiger partial charge in [0.25, 0.3) is 0 Å². The van der Waals surface area contributed by atoms with Crippen molar-refractivity contribution in [3.05, 3.63) is 35.0 Å². The molecule has 2 rings (SSSR count). The van der Waals surface area contributed by atoms with Crippen molar-refractivity contribution in [1.82, 2.24) is 15.0 Å². The van der Waals surface area contributed by atoms with Crippen LogP contribution in [0.5, 0.6) is 5.75 Å². The fourth-order valence-electron chi connectivity index (χ4n) is 1.55. The van der Waals surface area contributed by atoms with Crippen molar-refractivity contribution in [3.8, 4) is 17.0 Å². The molecule has 0 amide bonds. The lowest BCUT2D eigenvalue weighted by atomic mass is 10.2. The average molecular weight is 263 g/mol. The number of pyridine rings is 1. The number of H-pyrrole nitrogens is 1. The van der Waals surface area contributed by atoms with Crippen LogP contribution in [0.2, 0.25) is 0 Å². The molecule has 0 fully saturated rings. The SMILES string of the molecule is COCc1nc(=S)cc(-c2cncc(OC)c2)[nH]1. The first-order chi connectivity index (χ1) is 8.72. The molecule has 0 aliphatic carbocycles. The van der Waals surface area contributed by atoms with E-state index in [0.29, 0.717) is 22.8 Å². The Bertz CT molecular complexity index is 598. The zero-order valence-corrected chi connectivity index (χ0v) is 11.0. The number of hydrogen-bond donors (Lipinski definition) is 1. The van der Waals surface area contributed by atoms with Gasteiger partial charge in [-0.15, -0.1) is 0 Å². The third kappa shape index (κ3) is 2.91. The van der Waals surface area contributed by atoms with Gasteiger partial charge >= 0.3 is 0 Å². The molecule has 0 saturated heterocycles. The largest absolute Gasteiger partial charge is 0.495 e. The van der Waals surface area contributed by atoms with E-state index in [2.05, 4.69) is 15.0 Å². The highest BCUT2D eigenvalue weighted by molar-refractivity contribution is 7.71. The molecule has 1 N–H and O–H groups in total. The number of ether oxygens (including phenoxy) is 2.